The molecule has 0 aromatic carbocycles. The molecule has 0 bridgehead atoms. The van der Waals surface area contributed by atoms with E-state index in [1.165, 1.54) is 51.4 Å². The Hall–Kier alpha value is -0.730. The highest BCUT2D eigenvalue weighted by Gasteiger charge is 2.23. The Kier molecular flexibility index (Phi) is 4.69. The summed E-state index contributed by atoms with van der Waals surface area (Å²) in [7, 11) is 0. The zero-order valence-corrected chi connectivity index (χ0v) is 11.1. The molecule has 0 aromatic rings. The summed E-state index contributed by atoms with van der Waals surface area (Å²) in [6.45, 7) is 4.16. The van der Waals surface area contributed by atoms with Crippen molar-refractivity contribution in [3.05, 3.63) is 0 Å². The van der Waals surface area contributed by atoms with E-state index in [1.54, 1.807) is 0 Å². The Morgan fingerprint density at radius 1 is 1.12 bits per heavy atom. The fourth-order valence-corrected chi connectivity index (χ4v) is 3.06. The molecule has 0 unspecified atom stereocenters. The summed E-state index contributed by atoms with van der Waals surface area (Å²) < 4.78 is 0. The Bertz CT molecular complexity index is 241. The maximum Gasteiger partial charge on any atom is 0.317 e. The van der Waals surface area contributed by atoms with Crippen LogP contribution in [0.5, 0.6) is 0 Å². The van der Waals surface area contributed by atoms with Gasteiger partial charge in [-0.25, -0.2) is 4.79 Å². The maximum absolute atomic E-state index is 12.1. The third-order valence-corrected chi connectivity index (χ3v) is 4.41. The summed E-state index contributed by atoms with van der Waals surface area (Å²) in [5, 5.41) is 3.21. The number of amides is 2. The average molecular weight is 238 g/mol. The summed E-state index contributed by atoms with van der Waals surface area (Å²) in [5.41, 5.74) is 0. The monoisotopic (exact) mass is 238 g/mol. The van der Waals surface area contributed by atoms with Gasteiger partial charge >= 0.3 is 6.03 Å². The largest absolute Gasteiger partial charge is 0.335 e. The van der Waals surface area contributed by atoms with Crippen LogP contribution >= 0.6 is 0 Å². The molecule has 1 saturated carbocycles. The molecule has 0 aromatic heterocycles. The number of nitrogens with one attached hydrogen (secondary N) is 1. The predicted molar refractivity (Wildman–Crippen MR) is 70.0 cm³/mol. The zero-order chi connectivity index (χ0) is 12.1. The van der Waals surface area contributed by atoms with Crippen LogP contribution in [-0.4, -0.2) is 30.1 Å². The van der Waals surface area contributed by atoms with Crippen molar-refractivity contribution in [2.24, 2.45) is 5.92 Å². The van der Waals surface area contributed by atoms with Crippen molar-refractivity contribution < 1.29 is 4.79 Å². The van der Waals surface area contributed by atoms with Gasteiger partial charge in [0.05, 0.1) is 0 Å². The average Bonchev–Trinajstić information content (AvgIpc) is 2.40. The number of likely N-dealkylation sites (tertiary alicyclic amines) is 1. The first-order valence-electron chi connectivity index (χ1n) is 7.35. The molecule has 0 radical (unpaired) electrons. The standard InChI is InChI=1S/C14H26N2O/c1-2-12-8-10-16(11-9-12)14(17)15-13-6-4-3-5-7-13/h12-13H,2-11H2,1H3,(H,15,17). The molecule has 2 amide bonds. The highest BCUT2D eigenvalue weighted by molar-refractivity contribution is 5.74. The molecule has 98 valence electrons. The number of rotatable bonds is 2. The van der Waals surface area contributed by atoms with Crippen LogP contribution in [0, 0.1) is 5.92 Å². The van der Waals surface area contributed by atoms with Crippen LogP contribution in [0.25, 0.3) is 0 Å². The molecular weight excluding hydrogens is 212 g/mol. The van der Waals surface area contributed by atoms with E-state index >= 15 is 0 Å². The lowest BCUT2D eigenvalue weighted by Crippen LogP contribution is -2.48. The fourth-order valence-electron chi connectivity index (χ4n) is 3.06. The van der Waals surface area contributed by atoms with Gasteiger partial charge in [-0.1, -0.05) is 32.6 Å². The summed E-state index contributed by atoms with van der Waals surface area (Å²) in [6, 6.07) is 0.631. The molecule has 17 heavy (non-hydrogen) atoms. The number of urea groups is 1. The van der Waals surface area contributed by atoms with Gasteiger partial charge in [-0.3, -0.25) is 0 Å². The molecule has 2 fully saturated rings. The van der Waals surface area contributed by atoms with Gasteiger partial charge in [0.1, 0.15) is 0 Å². The molecule has 1 heterocycles. The molecule has 0 atom stereocenters. The number of nitrogens with zero attached hydrogens (tertiary/aromatic N) is 1. The summed E-state index contributed by atoms with van der Waals surface area (Å²) in [6.07, 6.45) is 9.90. The normalized spacial score (nSPS) is 23.7. The van der Waals surface area contributed by atoms with Gasteiger partial charge in [-0.15, -0.1) is 0 Å². The molecular formula is C14H26N2O. The molecule has 1 saturated heterocycles. The van der Waals surface area contributed by atoms with Crippen molar-refractivity contribution in [2.45, 2.75) is 64.3 Å². The van der Waals surface area contributed by atoms with Gasteiger partial charge in [0.25, 0.3) is 0 Å². The minimum absolute atomic E-state index is 0.187. The zero-order valence-electron chi connectivity index (χ0n) is 11.1. The topological polar surface area (TPSA) is 32.3 Å². The van der Waals surface area contributed by atoms with Gasteiger partial charge < -0.3 is 10.2 Å². The Morgan fingerprint density at radius 3 is 2.35 bits per heavy atom. The van der Waals surface area contributed by atoms with Crippen LogP contribution in [-0.2, 0) is 0 Å². The maximum atomic E-state index is 12.1. The summed E-state index contributed by atoms with van der Waals surface area (Å²) in [4.78, 5) is 14.1. The smallest absolute Gasteiger partial charge is 0.317 e. The van der Waals surface area contributed by atoms with Gasteiger partial charge in [0, 0.05) is 19.1 Å². The molecule has 3 nitrogen and oxygen atoms in total. The molecule has 2 rings (SSSR count). The van der Waals surface area contributed by atoms with Gasteiger partial charge in [-0.2, -0.15) is 0 Å². The fraction of sp³-hybridized carbons (Fsp3) is 0.929. The van der Waals surface area contributed by atoms with E-state index in [-0.39, 0.29) is 6.03 Å². The van der Waals surface area contributed by atoms with Gasteiger partial charge in [0.15, 0.2) is 0 Å². The van der Waals surface area contributed by atoms with Crippen molar-refractivity contribution in [2.75, 3.05) is 13.1 Å². The van der Waals surface area contributed by atoms with Crippen LogP contribution in [0.4, 0.5) is 4.79 Å². The second kappa shape index (κ2) is 6.27. The van der Waals surface area contributed by atoms with Crippen molar-refractivity contribution >= 4 is 6.03 Å². The first kappa shape index (κ1) is 12.7. The first-order chi connectivity index (χ1) is 8.29. The van der Waals surface area contributed by atoms with Crippen LogP contribution in [0.1, 0.15) is 58.3 Å². The number of carbonyl (C=O) groups is 1. The van der Waals surface area contributed by atoms with Crippen LogP contribution in [0.3, 0.4) is 0 Å². The van der Waals surface area contributed by atoms with E-state index in [0.29, 0.717) is 6.04 Å². The van der Waals surface area contributed by atoms with Crippen molar-refractivity contribution in [3.8, 4) is 0 Å². The lowest BCUT2D eigenvalue weighted by atomic mass is 9.94. The van der Waals surface area contributed by atoms with Crippen LogP contribution in [0.2, 0.25) is 0 Å². The van der Waals surface area contributed by atoms with Crippen molar-refractivity contribution in [1.82, 2.24) is 10.2 Å². The molecule has 2 aliphatic rings. The summed E-state index contributed by atoms with van der Waals surface area (Å²) in [5.74, 6) is 0.841. The summed E-state index contributed by atoms with van der Waals surface area (Å²) >= 11 is 0. The van der Waals surface area contributed by atoms with E-state index in [9.17, 15) is 4.79 Å². The highest BCUT2D eigenvalue weighted by Crippen LogP contribution is 2.21. The first-order valence-corrected chi connectivity index (χ1v) is 7.35. The van der Waals surface area contributed by atoms with E-state index in [2.05, 4.69) is 12.2 Å². The predicted octanol–water partition coefficient (Wildman–Crippen LogP) is 3.15. The van der Waals surface area contributed by atoms with Gasteiger partial charge in [0.2, 0.25) is 0 Å². The number of piperidine rings is 1. The second-order valence-corrected chi connectivity index (χ2v) is 5.62. The van der Waals surface area contributed by atoms with Crippen LogP contribution < -0.4 is 5.32 Å². The third kappa shape index (κ3) is 3.62. The van der Waals surface area contributed by atoms with Gasteiger partial charge in [-0.05, 0) is 31.6 Å². The lowest BCUT2D eigenvalue weighted by Gasteiger charge is -2.33. The number of carbonyl (C=O) groups excluding carboxylic acids is 1. The highest BCUT2D eigenvalue weighted by atomic mass is 16.2. The van der Waals surface area contributed by atoms with Crippen molar-refractivity contribution in [1.29, 1.82) is 0 Å². The number of hydrogen-bond donors (Lipinski definition) is 1. The quantitative estimate of drug-likeness (QED) is 0.787. The Labute approximate surface area is 105 Å². The Morgan fingerprint density at radius 2 is 1.76 bits per heavy atom. The molecule has 1 aliphatic heterocycles. The minimum Gasteiger partial charge on any atom is -0.335 e. The molecule has 3 heteroatoms. The molecule has 1 N–H and O–H groups in total. The third-order valence-electron chi connectivity index (χ3n) is 4.41. The number of hydrogen-bond acceptors (Lipinski definition) is 1. The van der Waals surface area contributed by atoms with E-state index < -0.39 is 0 Å². The van der Waals surface area contributed by atoms with Crippen LogP contribution in [0.15, 0.2) is 0 Å². The lowest BCUT2D eigenvalue weighted by molar-refractivity contribution is 0.163. The van der Waals surface area contributed by atoms with E-state index in [1.807, 2.05) is 4.90 Å². The SMILES string of the molecule is CCC1CCN(C(=O)NC2CCCCC2)CC1. The van der Waals surface area contributed by atoms with Crippen molar-refractivity contribution in [3.63, 3.8) is 0 Å². The molecule has 0 spiro atoms. The van der Waals surface area contributed by atoms with E-state index in [0.717, 1.165) is 19.0 Å². The minimum atomic E-state index is 0.187. The second-order valence-electron chi connectivity index (χ2n) is 5.62. The molecule has 1 aliphatic carbocycles. The Balaban J connectivity index is 1.72. The van der Waals surface area contributed by atoms with E-state index in [4.69, 9.17) is 0 Å².